The summed E-state index contributed by atoms with van der Waals surface area (Å²) in [5.74, 6) is 0. The topological polar surface area (TPSA) is 46.9 Å². The first-order chi connectivity index (χ1) is 48.3. The molecule has 0 heterocycles. The average molecular weight is 1320 g/mol. The van der Waals surface area contributed by atoms with Crippen molar-refractivity contribution in [1.82, 2.24) is 0 Å². The number of rotatable bonds is 14. The van der Waals surface area contributed by atoms with Crippen LogP contribution in [0.2, 0.25) is 0 Å². The van der Waals surface area contributed by atoms with E-state index in [4.69, 9.17) is 10.0 Å². The lowest BCUT2D eigenvalue weighted by molar-refractivity contribution is 0.426. The molecule has 0 spiro atoms. The van der Waals surface area contributed by atoms with E-state index in [2.05, 4.69) is 378 Å². The van der Waals surface area contributed by atoms with Crippen LogP contribution in [-0.4, -0.2) is 17.2 Å². The summed E-state index contributed by atoms with van der Waals surface area (Å²) in [6.45, 7) is 0. The largest absolute Gasteiger partial charge is 0.488 e. The molecule has 0 amide bonds. The van der Waals surface area contributed by atoms with Gasteiger partial charge in [0.15, 0.2) is 0 Å². The van der Waals surface area contributed by atoms with E-state index in [9.17, 15) is 0 Å². The maximum absolute atomic E-state index is 9.08. The molecule has 98 heavy (non-hydrogen) atoms. The quantitative estimate of drug-likeness (QED) is 0.107. The molecular formula is C92H68BBrN2O2. The molecule has 16 rings (SSSR count). The van der Waals surface area contributed by atoms with Crippen LogP contribution in [0.25, 0.3) is 99.4 Å². The Hall–Kier alpha value is -11.9. The SMILES string of the molecule is Brc1ccc(N(c2ccc(-c3ccccc3)cc2)c2ccc(-c3ccccc3)cc2)cc1.OB(O)c1ccc(-c2ccc3ccccc3c2)cc1.c1ccc(-c2ccc(N(c3ccc(-c4ccccc4)cc3)c3ccc(-c4ccc(-c5ccc6ccccc6c5)cc4)cc3)cc2)cc1. The Morgan fingerprint density at radius 3 is 0.643 bits per heavy atom. The molecule has 2 N–H and O–H groups in total. The molecule has 0 saturated carbocycles. The van der Waals surface area contributed by atoms with Crippen LogP contribution >= 0.6 is 15.9 Å². The van der Waals surface area contributed by atoms with Gasteiger partial charge in [-0.2, -0.15) is 0 Å². The lowest BCUT2D eigenvalue weighted by atomic mass is 9.80. The van der Waals surface area contributed by atoms with E-state index in [0.29, 0.717) is 5.46 Å². The molecule has 0 aliphatic rings. The summed E-state index contributed by atoms with van der Waals surface area (Å²) in [5, 5.41) is 23.1. The smallest absolute Gasteiger partial charge is 0.423 e. The van der Waals surface area contributed by atoms with Crippen LogP contribution in [0.3, 0.4) is 0 Å². The zero-order valence-electron chi connectivity index (χ0n) is 53.8. The Morgan fingerprint density at radius 1 is 0.184 bits per heavy atom. The van der Waals surface area contributed by atoms with Gasteiger partial charge in [0.1, 0.15) is 0 Å². The number of hydrogen-bond donors (Lipinski definition) is 2. The number of fused-ring (bicyclic) bond motifs is 2. The maximum Gasteiger partial charge on any atom is 0.488 e. The van der Waals surface area contributed by atoms with Crippen LogP contribution in [-0.2, 0) is 0 Å². The number of nitrogens with zero attached hydrogens (tertiary/aromatic N) is 2. The van der Waals surface area contributed by atoms with Crippen molar-refractivity contribution < 1.29 is 10.0 Å². The van der Waals surface area contributed by atoms with Gasteiger partial charge in [0.05, 0.1) is 0 Å². The Labute approximate surface area is 582 Å². The van der Waals surface area contributed by atoms with Gasteiger partial charge in [0.25, 0.3) is 0 Å². The van der Waals surface area contributed by atoms with Crippen LogP contribution in [0.5, 0.6) is 0 Å². The van der Waals surface area contributed by atoms with Gasteiger partial charge < -0.3 is 19.8 Å². The summed E-state index contributed by atoms with van der Waals surface area (Å²) in [4.78, 5) is 4.62. The molecule has 0 aromatic heterocycles. The first-order valence-corrected chi connectivity index (χ1v) is 33.7. The average Bonchev–Trinajstić information content (AvgIpc) is 0.813. The van der Waals surface area contributed by atoms with E-state index in [0.717, 1.165) is 49.7 Å². The van der Waals surface area contributed by atoms with E-state index in [1.165, 1.54) is 88.3 Å². The van der Waals surface area contributed by atoms with Gasteiger partial charge in [-0.3, -0.25) is 0 Å². The lowest BCUT2D eigenvalue weighted by Gasteiger charge is -2.26. The standard InChI is InChI=1S/C46H33N.C30H22BrN.C16H13BO2/c1-3-9-34(10-4-1)38-21-27-44(28-22-38)47(45-29-23-39(24-30-45)35-11-5-2-6-12-35)46-31-25-40(26-32-46)37-15-17-41(18-16-37)43-20-19-36-13-7-8-14-42(36)33-43;31-27-15-21-30(22-16-27)32(28-17-11-25(12-18-28)23-7-3-1-4-8-23)29-19-13-26(14-20-29)24-9-5-2-6-10-24;18-17(19)16-9-7-13(8-10-16)15-6-5-12-3-1-2-4-14(12)11-15/h1-33H;1-22H;1-11,18-19H. The second-order valence-corrected chi connectivity index (χ2v) is 25.0. The Kier molecular flexibility index (Phi) is 19.6. The van der Waals surface area contributed by atoms with Crippen molar-refractivity contribution in [3.05, 3.63) is 405 Å². The van der Waals surface area contributed by atoms with Crippen molar-refractivity contribution in [3.8, 4) is 77.9 Å². The number of benzene rings is 16. The van der Waals surface area contributed by atoms with Crippen molar-refractivity contribution in [2.45, 2.75) is 0 Å². The van der Waals surface area contributed by atoms with Crippen molar-refractivity contribution in [2.24, 2.45) is 0 Å². The van der Waals surface area contributed by atoms with E-state index < -0.39 is 7.12 Å². The molecular weight excluding hydrogens is 1260 g/mol. The molecule has 0 bridgehead atoms. The maximum atomic E-state index is 9.08. The molecule has 0 unspecified atom stereocenters. The van der Waals surface area contributed by atoms with Gasteiger partial charge in [0, 0.05) is 38.6 Å². The summed E-state index contributed by atoms with van der Waals surface area (Å²) in [7, 11) is -1.41. The highest BCUT2D eigenvalue weighted by atomic mass is 79.9. The van der Waals surface area contributed by atoms with Crippen molar-refractivity contribution in [3.63, 3.8) is 0 Å². The van der Waals surface area contributed by atoms with E-state index in [1.807, 2.05) is 36.4 Å². The molecule has 0 atom stereocenters. The second-order valence-electron chi connectivity index (χ2n) is 24.0. The third kappa shape index (κ3) is 15.1. The molecule has 0 saturated heterocycles. The van der Waals surface area contributed by atoms with Gasteiger partial charge in [-0.15, -0.1) is 0 Å². The van der Waals surface area contributed by atoms with Crippen molar-refractivity contribution in [1.29, 1.82) is 0 Å². The molecule has 0 fully saturated rings. The monoisotopic (exact) mass is 1320 g/mol. The summed E-state index contributed by atoms with van der Waals surface area (Å²) in [6, 6.07) is 141. The molecule has 16 aromatic rings. The molecule has 4 nitrogen and oxygen atoms in total. The molecule has 6 heteroatoms. The molecule has 16 aromatic carbocycles. The normalized spacial score (nSPS) is 10.8. The molecule has 0 aliphatic heterocycles. The number of halogens is 1. The molecule has 468 valence electrons. The molecule has 0 aliphatic carbocycles. The summed E-state index contributed by atoms with van der Waals surface area (Å²) in [6.07, 6.45) is 0. The Balaban J connectivity index is 0.000000138. The van der Waals surface area contributed by atoms with Gasteiger partial charge in [0.2, 0.25) is 0 Å². The zero-order valence-corrected chi connectivity index (χ0v) is 55.4. The van der Waals surface area contributed by atoms with Gasteiger partial charge >= 0.3 is 7.12 Å². The fourth-order valence-electron chi connectivity index (χ4n) is 12.5. The summed E-state index contributed by atoms with van der Waals surface area (Å²) < 4.78 is 1.07. The van der Waals surface area contributed by atoms with Crippen LogP contribution in [0.15, 0.2) is 405 Å². The fourth-order valence-corrected chi connectivity index (χ4v) is 12.7. The van der Waals surface area contributed by atoms with Crippen LogP contribution in [0.1, 0.15) is 0 Å². The zero-order chi connectivity index (χ0) is 66.4. The highest BCUT2D eigenvalue weighted by molar-refractivity contribution is 9.10. The van der Waals surface area contributed by atoms with E-state index in [-0.39, 0.29) is 0 Å². The summed E-state index contributed by atoms with van der Waals surface area (Å²) >= 11 is 3.56. The second kappa shape index (κ2) is 30.2. The van der Waals surface area contributed by atoms with Crippen LogP contribution in [0, 0.1) is 0 Å². The van der Waals surface area contributed by atoms with Crippen LogP contribution in [0.4, 0.5) is 34.1 Å². The predicted octanol–water partition coefficient (Wildman–Crippen LogP) is 24.4. The first-order valence-electron chi connectivity index (χ1n) is 32.9. The summed E-state index contributed by atoms with van der Waals surface area (Å²) in [5.41, 5.74) is 24.0. The highest BCUT2D eigenvalue weighted by Crippen LogP contribution is 2.40. The van der Waals surface area contributed by atoms with Gasteiger partial charge in [-0.1, -0.05) is 319 Å². The predicted molar refractivity (Wildman–Crippen MR) is 419 cm³/mol. The first kappa shape index (κ1) is 63.5. The van der Waals surface area contributed by atoms with Crippen molar-refractivity contribution in [2.75, 3.05) is 9.80 Å². The van der Waals surface area contributed by atoms with Gasteiger partial charge in [-0.25, -0.2) is 0 Å². The third-order valence-corrected chi connectivity index (χ3v) is 18.3. The Bertz CT molecular complexity index is 5050. The molecule has 0 radical (unpaired) electrons. The minimum Gasteiger partial charge on any atom is -0.423 e. The fraction of sp³-hybridized carbons (Fsp3) is 0. The lowest BCUT2D eigenvalue weighted by Crippen LogP contribution is -2.29. The minimum atomic E-state index is -1.41. The Morgan fingerprint density at radius 2 is 0.378 bits per heavy atom. The van der Waals surface area contributed by atoms with Gasteiger partial charge in [-0.05, 0) is 202 Å². The third-order valence-electron chi connectivity index (χ3n) is 17.7. The number of anilines is 6. The van der Waals surface area contributed by atoms with Crippen molar-refractivity contribution >= 4 is 84.2 Å². The highest BCUT2D eigenvalue weighted by Gasteiger charge is 2.17. The van der Waals surface area contributed by atoms with Crippen LogP contribution < -0.4 is 15.3 Å². The van der Waals surface area contributed by atoms with E-state index >= 15 is 0 Å². The minimum absolute atomic E-state index is 0.504. The number of hydrogen-bond acceptors (Lipinski definition) is 4. The van der Waals surface area contributed by atoms with E-state index in [1.54, 1.807) is 12.1 Å².